The van der Waals surface area contributed by atoms with Crippen LogP contribution in [-0.4, -0.2) is 16.5 Å². The van der Waals surface area contributed by atoms with E-state index in [2.05, 4.69) is 0 Å². The number of alkyl halides is 2. The second-order valence-electron chi connectivity index (χ2n) is 0.926. The molecule has 0 saturated carbocycles. The number of rotatable bonds is 2. The van der Waals surface area contributed by atoms with Crippen molar-refractivity contribution in [3.8, 4) is 0 Å². The fourth-order valence-electron chi connectivity index (χ4n) is 0.0607. The fourth-order valence-corrected chi connectivity index (χ4v) is 0.357. The minimum absolute atomic E-state index is 0.0733. The van der Waals surface area contributed by atoms with Crippen molar-refractivity contribution < 1.29 is 4.79 Å². The van der Waals surface area contributed by atoms with E-state index in [1.807, 2.05) is 0 Å². The van der Waals surface area contributed by atoms with Gasteiger partial charge in [0.1, 0.15) is 5.38 Å². The van der Waals surface area contributed by atoms with Gasteiger partial charge in [0.05, 0.1) is 0 Å². The molecule has 0 aromatic rings. The number of halogens is 3. The van der Waals surface area contributed by atoms with Gasteiger partial charge in [-0.15, -0.1) is 23.2 Å². The first kappa shape index (κ1) is 7.54. The summed E-state index contributed by atoms with van der Waals surface area (Å²) in [5, 5.41) is -1.33. The van der Waals surface area contributed by atoms with E-state index in [4.69, 9.17) is 34.8 Å². The van der Waals surface area contributed by atoms with E-state index in [1.54, 1.807) is 0 Å². The zero-order valence-electron chi connectivity index (χ0n) is 3.33. The van der Waals surface area contributed by atoms with Crippen molar-refractivity contribution in [2.75, 3.05) is 5.88 Å². The Morgan fingerprint density at radius 1 is 1.71 bits per heavy atom. The lowest BCUT2D eigenvalue weighted by Crippen LogP contribution is -2.08. The van der Waals surface area contributed by atoms with Crippen molar-refractivity contribution in [1.82, 2.24) is 0 Å². The Balaban J connectivity index is 3.34. The van der Waals surface area contributed by atoms with Crippen LogP contribution in [0.4, 0.5) is 0 Å². The SMILES string of the molecule is O=C(Cl)C(Cl)CCl. The zero-order valence-corrected chi connectivity index (χ0v) is 5.59. The summed E-state index contributed by atoms with van der Waals surface area (Å²) < 4.78 is 0. The van der Waals surface area contributed by atoms with E-state index < -0.39 is 10.6 Å². The second-order valence-corrected chi connectivity index (χ2v) is 2.13. The Morgan fingerprint density at radius 3 is 2.14 bits per heavy atom. The van der Waals surface area contributed by atoms with Crippen LogP contribution in [0.1, 0.15) is 0 Å². The van der Waals surface area contributed by atoms with E-state index in [9.17, 15) is 4.79 Å². The van der Waals surface area contributed by atoms with Gasteiger partial charge in [-0.1, -0.05) is 0 Å². The molecule has 0 radical (unpaired) electrons. The molecule has 42 valence electrons. The van der Waals surface area contributed by atoms with Crippen LogP contribution in [0.5, 0.6) is 0 Å². The maximum Gasteiger partial charge on any atom is 0.240 e. The van der Waals surface area contributed by atoms with Crippen LogP contribution in [0, 0.1) is 0 Å². The quantitative estimate of drug-likeness (QED) is 0.444. The summed E-state index contributed by atoms with van der Waals surface area (Å²) in [6.45, 7) is 0. The average Bonchev–Trinajstić information content (AvgIpc) is 1.65. The maximum absolute atomic E-state index is 9.92. The molecule has 0 aromatic carbocycles. The molecule has 0 rings (SSSR count). The fraction of sp³-hybridized carbons (Fsp3) is 0.667. The molecule has 1 nitrogen and oxygen atoms in total. The third-order valence-corrected chi connectivity index (χ3v) is 1.58. The van der Waals surface area contributed by atoms with Crippen molar-refractivity contribution in [2.24, 2.45) is 0 Å². The highest BCUT2D eigenvalue weighted by molar-refractivity contribution is 6.69. The van der Waals surface area contributed by atoms with Gasteiger partial charge in [0.2, 0.25) is 5.24 Å². The predicted octanol–water partition coefficient (Wildman–Crippen LogP) is 1.60. The molecule has 1 atom stereocenters. The van der Waals surface area contributed by atoms with Gasteiger partial charge in [-0.05, 0) is 11.6 Å². The van der Waals surface area contributed by atoms with Gasteiger partial charge >= 0.3 is 0 Å². The van der Waals surface area contributed by atoms with Gasteiger partial charge in [0, 0.05) is 5.88 Å². The highest BCUT2D eigenvalue weighted by Crippen LogP contribution is 2.01. The van der Waals surface area contributed by atoms with Crippen LogP contribution in [-0.2, 0) is 4.79 Å². The molecule has 0 N–H and O–H groups in total. The summed E-state index contributed by atoms with van der Waals surface area (Å²) in [7, 11) is 0. The second kappa shape index (κ2) is 3.53. The van der Waals surface area contributed by atoms with E-state index in [0.717, 1.165) is 0 Å². The molecule has 0 fully saturated rings. The Hall–Kier alpha value is 0.540. The minimum Gasteiger partial charge on any atom is -0.280 e. The van der Waals surface area contributed by atoms with Gasteiger partial charge in [-0.2, -0.15) is 0 Å². The normalized spacial score (nSPS) is 13.6. The molecule has 0 amide bonds. The molecule has 0 aliphatic carbocycles. The molecule has 0 bridgehead atoms. The highest BCUT2D eigenvalue weighted by atomic mass is 35.5. The lowest BCUT2D eigenvalue weighted by molar-refractivity contribution is -0.111. The molecule has 0 aliphatic heterocycles. The monoisotopic (exact) mass is 160 g/mol. The van der Waals surface area contributed by atoms with Crippen LogP contribution in [0.15, 0.2) is 0 Å². The highest BCUT2D eigenvalue weighted by Gasteiger charge is 2.08. The van der Waals surface area contributed by atoms with Crippen LogP contribution < -0.4 is 0 Å². The molecular weight excluding hydrogens is 158 g/mol. The lowest BCUT2D eigenvalue weighted by atomic mass is 10.5. The molecule has 0 heterocycles. The molecule has 0 aliphatic rings. The topological polar surface area (TPSA) is 17.1 Å². The first-order chi connectivity index (χ1) is 3.18. The third kappa shape index (κ3) is 3.15. The first-order valence-electron chi connectivity index (χ1n) is 1.58. The van der Waals surface area contributed by atoms with Gasteiger partial charge in [-0.25, -0.2) is 0 Å². The minimum atomic E-state index is -0.733. The van der Waals surface area contributed by atoms with Crippen LogP contribution >= 0.6 is 34.8 Å². The average molecular weight is 161 g/mol. The van der Waals surface area contributed by atoms with Gasteiger partial charge in [0.25, 0.3) is 0 Å². The Kier molecular flexibility index (Phi) is 3.80. The van der Waals surface area contributed by atoms with Crippen LogP contribution in [0.25, 0.3) is 0 Å². The third-order valence-electron chi connectivity index (χ3n) is 0.382. The summed E-state index contributed by atoms with van der Waals surface area (Å²) in [5.41, 5.74) is 0. The van der Waals surface area contributed by atoms with E-state index in [1.165, 1.54) is 0 Å². The lowest BCUT2D eigenvalue weighted by Gasteiger charge is -1.91. The zero-order chi connectivity index (χ0) is 5.86. The van der Waals surface area contributed by atoms with E-state index in [-0.39, 0.29) is 5.88 Å². The molecule has 7 heavy (non-hydrogen) atoms. The number of hydrogen-bond donors (Lipinski definition) is 0. The molecule has 4 heteroatoms. The van der Waals surface area contributed by atoms with Crippen molar-refractivity contribution in [1.29, 1.82) is 0 Å². The summed E-state index contributed by atoms with van der Waals surface area (Å²) in [6.07, 6.45) is 0. The van der Waals surface area contributed by atoms with E-state index >= 15 is 0 Å². The van der Waals surface area contributed by atoms with Crippen LogP contribution in [0.2, 0.25) is 0 Å². The molecule has 0 saturated heterocycles. The number of hydrogen-bond acceptors (Lipinski definition) is 1. The summed E-state index contributed by atoms with van der Waals surface area (Å²) in [4.78, 5) is 9.92. The molecular formula is C3H3Cl3O. The van der Waals surface area contributed by atoms with Gasteiger partial charge < -0.3 is 0 Å². The number of carbonyl (C=O) groups excluding carboxylic acids is 1. The molecule has 0 spiro atoms. The molecule has 0 aromatic heterocycles. The van der Waals surface area contributed by atoms with E-state index in [0.29, 0.717) is 0 Å². The smallest absolute Gasteiger partial charge is 0.240 e. The summed E-state index contributed by atoms with van der Waals surface area (Å²) in [6, 6.07) is 0. The van der Waals surface area contributed by atoms with Crippen molar-refractivity contribution >= 4 is 40.0 Å². The van der Waals surface area contributed by atoms with Crippen molar-refractivity contribution in [3.05, 3.63) is 0 Å². The Morgan fingerprint density at radius 2 is 2.14 bits per heavy atom. The predicted molar refractivity (Wildman–Crippen MR) is 31.2 cm³/mol. The Bertz CT molecular complexity index is 72.6. The van der Waals surface area contributed by atoms with Crippen LogP contribution in [0.3, 0.4) is 0 Å². The van der Waals surface area contributed by atoms with Gasteiger partial charge in [0.15, 0.2) is 0 Å². The largest absolute Gasteiger partial charge is 0.280 e. The Labute approximate surface area is 56.5 Å². The standard InChI is InChI=1S/C3H3Cl3O/c4-1-2(5)3(6)7/h2H,1H2. The maximum atomic E-state index is 9.92. The van der Waals surface area contributed by atoms with Gasteiger partial charge in [-0.3, -0.25) is 4.79 Å². The van der Waals surface area contributed by atoms with Crippen molar-refractivity contribution in [3.63, 3.8) is 0 Å². The van der Waals surface area contributed by atoms with Crippen molar-refractivity contribution in [2.45, 2.75) is 5.38 Å². The first-order valence-corrected chi connectivity index (χ1v) is 2.92. The molecule has 1 unspecified atom stereocenters. The summed E-state index contributed by atoms with van der Waals surface area (Å²) >= 11 is 15.2. The number of carbonyl (C=O) groups is 1. The summed E-state index contributed by atoms with van der Waals surface area (Å²) in [5.74, 6) is 0.0733.